The maximum atomic E-state index is 2.71. The second-order valence-electron chi connectivity index (χ2n) is 18.1. The van der Waals surface area contributed by atoms with E-state index in [2.05, 4.69) is 128 Å². The zero-order valence-corrected chi connectivity index (χ0v) is 30.0. The molecule has 4 aromatic rings. The molecule has 4 aromatic carbocycles. The molecule has 0 radical (unpaired) electrons. The third-order valence-electron chi connectivity index (χ3n) is 15.7. The highest BCUT2D eigenvalue weighted by atomic mass is 15.2. The van der Waals surface area contributed by atoms with Gasteiger partial charge in [-0.25, -0.2) is 0 Å². The van der Waals surface area contributed by atoms with Crippen LogP contribution in [0.1, 0.15) is 101 Å². The summed E-state index contributed by atoms with van der Waals surface area (Å²) in [5.41, 5.74) is 15.6. The van der Waals surface area contributed by atoms with Crippen molar-refractivity contribution in [3.05, 3.63) is 131 Å². The highest BCUT2D eigenvalue weighted by Crippen LogP contribution is 2.86. The third-order valence-corrected chi connectivity index (χ3v) is 15.7. The summed E-state index contributed by atoms with van der Waals surface area (Å²) < 4.78 is 0. The van der Waals surface area contributed by atoms with Gasteiger partial charge in [-0.1, -0.05) is 98.8 Å². The van der Waals surface area contributed by atoms with E-state index in [1.807, 2.05) is 0 Å². The number of anilines is 2. The predicted octanol–water partition coefficient (Wildman–Crippen LogP) is 12.7. The molecular formula is C49H51N. The maximum Gasteiger partial charge on any atom is 0.0416 e. The van der Waals surface area contributed by atoms with Gasteiger partial charge in [-0.05, 0) is 168 Å². The Bertz CT molecular complexity index is 2050. The molecule has 5 unspecified atom stereocenters. The van der Waals surface area contributed by atoms with Crippen molar-refractivity contribution >= 4 is 11.4 Å². The van der Waals surface area contributed by atoms with Crippen molar-refractivity contribution in [2.24, 2.45) is 29.1 Å². The van der Waals surface area contributed by atoms with Gasteiger partial charge in [0.05, 0.1) is 0 Å². The summed E-state index contributed by atoms with van der Waals surface area (Å²) >= 11 is 0. The van der Waals surface area contributed by atoms with Crippen LogP contribution in [0.5, 0.6) is 0 Å². The van der Waals surface area contributed by atoms with Crippen molar-refractivity contribution in [1.82, 2.24) is 0 Å². The molecule has 5 saturated carbocycles. The summed E-state index contributed by atoms with van der Waals surface area (Å²) in [6, 6.07) is 36.4. The predicted molar refractivity (Wildman–Crippen MR) is 208 cm³/mol. The Labute approximate surface area is 299 Å². The molecule has 1 nitrogen and oxygen atoms in total. The van der Waals surface area contributed by atoms with Crippen LogP contribution in [0.15, 0.2) is 115 Å². The average molecular weight is 654 g/mol. The van der Waals surface area contributed by atoms with Crippen molar-refractivity contribution in [2.75, 3.05) is 4.90 Å². The highest BCUT2D eigenvalue weighted by Gasteiger charge is 2.80. The minimum Gasteiger partial charge on any atom is -0.338 e. The number of nitrogens with zero attached hydrogens (tertiary/aromatic N) is 1. The van der Waals surface area contributed by atoms with Gasteiger partial charge in [-0.15, -0.1) is 0 Å². The van der Waals surface area contributed by atoms with Gasteiger partial charge in [-0.3, -0.25) is 0 Å². The Morgan fingerprint density at radius 3 is 2.12 bits per heavy atom. The topological polar surface area (TPSA) is 3.24 Å². The Morgan fingerprint density at radius 2 is 1.38 bits per heavy atom. The number of benzene rings is 4. The molecule has 0 N–H and O–H groups in total. The van der Waals surface area contributed by atoms with Crippen LogP contribution >= 0.6 is 0 Å². The van der Waals surface area contributed by atoms with Crippen molar-refractivity contribution in [3.8, 4) is 22.3 Å². The minimum absolute atomic E-state index is 0.00173. The molecule has 0 amide bonds. The van der Waals surface area contributed by atoms with Crippen LogP contribution in [0.2, 0.25) is 0 Å². The van der Waals surface area contributed by atoms with Gasteiger partial charge in [0.15, 0.2) is 0 Å². The van der Waals surface area contributed by atoms with Crippen molar-refractivity contribution in [2.45, 2.75) is 101 Å². The fourth-order valence-electron chi connectivity index (χ4n) is 13.5. The normalized spacial score (nSPS) is 33.5. The van der Waals surface area contributed by atoms with Crippen LogP contribution in [0.25, 0.3) is 22.3 Å². The number of hydrogen-bond acceptors (Lipinski definition) is 1. The molecule has 0 aliphatic heterocycles. The Morgan fingerprint density at radius 1 is 0.640 bits per heavy atom. The molecule has 1 spiro atoms. The lowest BCUT2D eigenvalue weighted by atomic mass is 9.31. The second-order valence-corrected chi connectivity index (χ2v) is 18.1. The summed E-state index contributed by atoms with van der Waals surface area (Å²) in [4.78, 5) is 2.71. The van der Waals surface area contributed by atoms with Gasteiger partial charge in [0, 0.05) is 28.2 Å². The monoisotopic (exact) mass is 653 g/mol. The molecule has 2 bridgehead atoms. The van der Waals surface area contributed by atoms with Crippen LogP contribution in [0.3, 0.4) is 0 Å². The van der Waals surface area contributed by atoms with Crippen LogP contribution < -0.4 is 4.90 Å². The SMILES string of the molecule is CC1(C)c2ccccc2-c2ccc(N(c3ccc(-c4ccc(C56CC7CC8CC(C5)C86C7)cc4)cc3)C3CCC(C4=CCCC=C4)CC3)cc21. The largest absolute Gasteiger partial charge is 0.338 e. The molecule has 0 heterocycles. The van der Waals surface area contributed by atoms with Crippen LogP contribution in [0.4, 0.5) is 11.4 Å². The zero-order chi connectivity index (χ0) is 33.2. The molecule has 0 aromatic heterocycles. The van der Waals surface area contributed by atoms with Gasteiger partial charge >= 0.3 is 0 Å². The van der Waals surface area contributed by atoms with Crippen LogP contribution in [-0.2, 0) is 10.8 Å². The molecule has 5 fully saturated rings. The van der Waals surface area contributed by atoms with E-state index in [0.717, 1.165) is 17.8 Å². The molecule has 252 valence electrons. The summed E-state index contributed by atoms with van der Waals surface area (Å²) in [7, 11) is 0. The third kappa shape index (κ3) is 3.96. The lowest BCUT2D eigenvalue weighted by Crippen LogP contribution is -2.68. The maximum absolute atomic E-state index is 2.71. The van der Waals surface area contributed by atoms with E-state index in [1.165, 1.54) is 115 Å². The molecule has 1 heteroatoms. The van der Waals surface area contributed by atoms with E-state index in [0.29, 0.717) is 22.8 Å². The van der Waals surface area contributed by atoms with Gasteiger partial charge in [-0.2, -0.15) is 0 Å². The molecule has 7 aliphatic carbocycles. The number of fused-ring (bicyclic) bond motifs is 4. The van der Waals surface area contributed by atoms with E-state index in [4.69, 9.17) is 0 Å². The van der Waals surface area contributed by atoms with Crippen molar-refractivity contribution in [1.29, 1.82) is 0 Å². The summed E-state index contributed by atoms with van der Waals surface area (Å²) in [6.45, 7) is 4.82. The first kappa shape index (κ1) is 29.8. The molecule has 11 rings (SSSR count). The first-order chi connectivity index (χ1) is 24.4. The Balaban J connectivity index is 0.906. The fraction of sp³-hybridized carbons (Fsp3) is 0.429. The van der Waals surface area contributed by atoms with Crippen molar-refractivity contribution in [3.63, 3.8) is 0 Å². The van der Waals surface area contributed by atoms with E-state index in [-0.39, 0.29) is 5.41 Å². The first-order valence-corrected chi connectivity index (χ1v) is 20.1. The van der Waals surface area contributed by atoms with Gasteiger partial charge in [0.25, 0.3) is 0 Å². The van der Waals surface area contributed by atoms with E-state index in [1.54, 1.807) is 11.1 Å². The summed E-state index contributed by atoms with van der Waals surface area (Å²) in [5, 5.41) is 0. The lowest BCUT2D eigenvalue weighted by molar-refractivity contribution is -0.198. The Kier molecular flexibility index (Phi) is 6.33. The molecule has 0 saturated heterocycles. The molecular weight excluding hydrogens is 603 g/mol. The lowest BCUT2D eigenvalue weighted by Gasteiger charge is -2.73. The second kappa shape index (κ2) is 10.6. The fourth-order valence-corrected chi connectivity index (χ4v) is 13.5. The van der Waals surface area contributed by atoms with Gasteiger partial charge < -0.3 is 4.90 Å². The van der Waals surface area contributed by atoms with Gasteiger partial charge in [0.2, 0.25) is 0 Å². The minimum atomic E-state index is -0.00173. The number of hydrogen-bond donors (Lipinski definition) is 0. The molecule has 7 aliphatic rings. The van der Waals surface area contributed by atoms with E-state index >= 15 is 0 Å². The molecule has 50 heavy (non-hydrogen) atoms. The highest BCUT2D eigenvalue weighted by molar-refractivity contribution is 5.83. The standard InChI is InChI=1S/C49H51N/c1-47(2)45-11-7-6-10-43(45)44-25-24-42(28-46(44)47)50(40-20-14-35(15-21-40)33-8-4-3-5-9-33)41-22-16-36(17-23-41)34-12-18-37(19-13-34)48-29-32-26-38-27-39(31-48)49(38,48)30-32/h4,6-13,16-19,22-25,28,32,35,38-40H,3,5,14-15,20-21,26-27,29-31H2,1-2H3. The number of rotatable bonds is 6. The summed E-state index contributed by atoms with van der Waals surface area (Å²) in [6.07, 6.45) is 22.3. The molecule has 5 atom stereocenters. The van der Waals surface area contributed by atoms with Gasteiger partial charge in [0.1, 0.15) is 0 Å². The van der Waals surface area contributed by atoms with Crippen LogP contribution in [0, 0.1) is 29.1 Å². The zero-order valence-electron chi connectivity index (χ0n) is 30.0. The summed E-state index contributed by atoms with van der Waals surface area (Å²) in [5.74, 6) is 3.80. The van der Waals surface area contributed by atoms with E-state index < -0.39 is 0 Å². The Hall–Kier alpha value is -3.84. The number of allylic oxidation sites excluding steroid dienone is 4. The van der Waals surface area contributed by atoms with E-state index in [9.17, 15) is 0 Å². The quantitative estimate of drug-likeness (QED) is 0.200. The smallest absolute Gasteiger partial charge is 0.0416 e. The van der Waals surface area contributed by atoms with Crippen LogP contribution in [-0.4, -0.2) is 6.04 Å². The van der Waals surface area contributed by atoms with Crippen molar-refractivity contribution < 1.29 is 0 Å². The first-order valence-electron chi connectivity index (χ1n) is 20.1. The average Bonchev–Trinajstić information content (AvgIpc) is 3.74.